The zero-order valence-corrected chi connectivity index (χ0v) is 12.9. The molecule has 1 aromatic heterocycles. The van der Waals surface area contributed by atoms with E-state index in [9.17, 15) is 22.4 Å². The van der Waals surface area contributed by atoms with Gasteiger partial charge in [0.2, 0.25) is 0 Å². The van der Waals surface area contributed by atoms with Crippen LogP contribution in [0.15, 0.2) is 30.5 Å². The molecule has 0 saturated carbocycles. The third kappa shape index (κ3) is 3.63. The van der Waals surface area contributed by atoms with Crippen molar-refractivity contribution in [1.82, 2.24) is 19.9 Å². The minimum Gasteiger partial charge on any atom is -0.326 e. The molecule has 2 N–H and O–H groups in total. The fourth-order valence-corrected chi connectivity index (χ4v) is 2.79. The van der Waals surface area contributed by atoms with Gasteiger partial charge in [0.05, 0.1) is 11.9 Å². The monoisotopic (exact) mass is 357 g/mol. The van der Waals surface area contributed by atoms with E-state index in [1.807, 2.05) is 0 Å². The van der Waals surface area contributed by atoms with Crippen molar-refractivity contribution in [2.24, 2.45) is 5.73 Å². The van der Waals surface area contributed by atoms with Crippen LogP contribution in [-0.4, -0.2) is 50.6 Å². The largest absolute Gasteiger partial charge is 0.408 e. The molecule has 0 radical (unpaired) electrons. The number of rotatable bonds is 2. The highest BCUT2D eigenvalue weighted by Gasteiger charge is 2.48. The minimum absolute atomic E-state index is 0.191. The molecule has 25 heavy (non-hydrogen) atoms. The first kappa shape index (κ1) is 17.3. The van der Waals surface area contributed by atoms with Gasteiger partial charge in [0, 0.05) is 12.6 Å². The van der Waals surface area contributed by atoms with Crippen LogP contribution < -0.4 is 5.73 Å². The molecule has 10 heteroatoms. The van der Waals surface area contributed by atoms with Gasteiger partial charge in [0.15, 0.2) is 5.69 Å². The molecule has 1 saturated heterocycles. The zero-order valence-electron chi connectivity index (χ0n) is 12.9. The number of halogens is 4. The van der Waals surface area contributed by atoms with Crippen molar-refractivity contribution in [3.8, 4) is 5.69 Å². The maximum atomic E-state index is 13.2. The van der Waals surface area contributed by atoms with Crippen LogP contribution in [0.5, 0.6) is 0 Å². The van der Waals surface area contributed by atoms with Crippen molar-refractivity contribution >= 4 is 5.91 Å². The van der Waals surface area contributed by atoms with E-state index in [1.165, 1.54) is 35.1 Å². The number of likely N-dealkylation sites (tertiary alicyclic amines) is 1. The fourth-order valence-electron chi connectivity index (χ4n) is 2.79. The van der Waals surface area contributed by atoms with Gasteiger partial charge in [-0.2, -0.15) is 13.2 Å². The summed E-state index contributed by atoms with van der Waals surface area (Å²) >= 11 is 0. The Morgan fingerprint density at radius 1 is 1.20 bits per heavy atom. The number of nitrogens with zero attached hydrogens (tertiary/aromatic N) is 4. The maximum absolute atomic E-state index is 13.2. The zero-order chi connectivity index (χ0) is 18.2. The minimum atomic E-state index is -4.54. The lowest BCUT2D eigenvalue weighted by atomic mass is 9.98. The molecule has 0 spiro atoms. The van der Waals surface area contributed by atoms with Gasteiger partial charge in [0.1, 0.15) is 11.9 Å². The van der Waals surface area contributed by atoms with Gasteiger partial charge < -0.3 is 10.6 Å². The van der Waals surface area contributed by atoms with E-state index < -0.39 is 30.0 Å². The molecule has 1 amide bonds. The normalized spacial score (nSPS) is 21.4. The quantitative estimate of drug-likeness (QED) is 0.833. The molecule has 1 fully saturated rings. The van der Waals surface area contributed by atoms with Gasteiger partial charge in [-0.1, -0.05) is 5.21 Å². The molecule has 2 heterocycles. The molecule has 0 bridgehead atoms. The molecule has 3 rings (SSSR count). The Morgan fingerprint density at radius 2 is 1.88 bits per heavy atom. The van der Waals surface area contributed by atoms with Crippen LogP contribution in [-0.2, 0) is 0 Å². The van der Waals surface area contributed by atoms with Crippen LogP contribution in [0.4, 0.5) is 17.6 Å². The van der Waals surface area contributed by atoms with E-state index in [0.29, 0.717) is 10.6 Å². The molecule has 1 aliphatic heterocycles. The van der Waals surface area contributed by atoms with E-state index in [1.54, 1.807) is 0 Å². The predicted octanol–water partition coefficient (Wildman–Crippen LogP) is 1.90. The van der Waals surface area contributed by atoms with Crippen molar-refractivity contribution in [2.45, 2.75) is 31.1 Å². The summed E-state index contributed by atoms with van der Waals surface area (Å²) in [6.07, 6.45) is -3.38. The number of amides is 1. The van der Waals surface area contributed by atoms with E-state index in [0.717, 1.165) is 0 Å². The third-order valence-electron chi connectivity index (χ3n) is 4.06. The van der Waals surface area contributed by atoms with E-state index >= 15 is 0 Å². The fraction of sp³-hybridized carbons (Fsp3) is 0.400. The molecule has 1 aliphatic rings. The van der Waals surface area contributed by atoms with Gasteiger partial charge in [-0.3, -0.25) is 4.79 Å². The van der Waals surface area contributed by atoms with Gasteiger partial charge >= 0.3 is 6.18 Å². The average molecular weight is 357 g/mol. The standard InChI is InChI=1S/C15H15F4N5O/c16-9-1-4-11(5-2-9)24-8-12(21-22-24)14(25)23-7-10(20)3-6-13(23)15(17,18)19/h1-2,4-5,8,10,13H,3,6-7,20H2/t10-,13-/m0/s1. The number of alkyl halides is 3. The molecule has 134 valence electrons. The summed E-state index contributed by atoms with van der Waals surface area (Å²) in [4.78, 5) is 13.2. The summed E-state index contributed by atoms with van der Waals surface area (Å²) in [6, 6.07) is 2.80. The highest BCUT2D eigenvalue weighted by atomic mass is 19.4. The first-order valence-electron chi connectivity index (χ1n) is 7.57. The molecule has 0 aliphatic carbocycles. The molecular formula is C15H15F4N5O. The van der Waals surface area contributed by atoms with E-state index in [2.05, 4.69) is 10.3 Å². The molecule has 2 aromatic rings. The number of hydrogen-bond acceptors (Lipinski definition) is 4. The van der Waals surface area contributed by atoms with Gasteiger partial charge in [-0.25, -0.2) is 9.07 Å². The smallest absolute Gasteiger partial charge is 0.326 e. The van der Waals surface area contributed by atoms with Crippen molar-refractivity contribution in [3.05, 3.63) is 42.0 Å². The number of benzene rings is 1. The van der Waals surface area contributed by atoms with Crippen LogP contribution in [0.25, 0.3) is 5.69 Å². The topological polar surface area (TPSA) is 77.0 Å². The average Bonchev–Trinajstić information content (AvgIpc) is 3.03. The van der Waals surface area contributed by atoms with Crippen molar-refractivity contribution in [2.75, 3.05) is 6.54 Å². The van der Waals surface area contributed by atoms with Gasteiger partial charge in [-0.05, 0) is 37.1 Å². The number of carbonyl (C=O) groups is 1. The third-order valence-corrected chi connectivity index (χ3v) is 4.06. The number of nitrogens with two attached hydrogens (primary N) is 1. The Labute approximate surface area is 140 Å². The summed E-state index contributed by atoms with van der Waals surface area (Å²) in [5, 5.41) is 7.37. The Morgan fingerprint density at radius 3 is 2.52 bits per heavy atom. The van der Waals surface area contributed by atoms with Crippen molar-refractivity contribution < 1.29 is 22.4 Å². The summed E-state index contributed by atoms with van der Waals surface area (Å²) in [7, 11) is 0. The Kier molecular flexibility index (Phi) is 4.46. The Hall–Kier alpha value is -2.49. The van der Waals surface area contributed by atoms with E-state index in [4.69, 9.17) is 5.73 Å². The first-order chi connectivity index (χ1) is 11.8. The molecule has 6 nitrogen and oxygen atoms in total. The molecule has 0 unspecified atom stereocenters. The second-order valence-corrected chi connectivity index (χ2v) is 5.88. The van der Waals surface area contributed by atoms with Crippen LogP contribution in [0.1, 0.15) is 23.3 Å². The van der Waals surface area contributed by atoms with Crippen LogP contribution >= 0.6 is 0 Å². The lowest BCUT2D eigenvalue weighted by Crippen LogP contribution is -2.56. The second-order valence-electron chi connectivity index (χ2n) is 5.88. The molecule has 1 aromatic carbocycles. The molecular weight excluding hydrogens is 342 g/mol. The van der Waals surface area contributed by atoms with E-state index in [-0.39, 0.29) is 25.1 Å². The van der Waals surface area contributed by atoms with Crippen LogP contribution in [0, 0.1) is 5.82 Å². The predicted molar refractivity (Wildman–Crippen MR) is 79.4 cm³/mol. The number of hydrogen-bond donors (Lipinski definition) is 1. The Balaban J connectivity index is 1.85. The SMILES string of the molecule is N[C@H]1CC[C@@H](C(F)(F)F)N(C(=O)c2cn(-c3ccc(F)cc3)nn2)C1. The summed E-state index contributed by atoms with van der Waals surface area (Å²) < 4.78 is 53.7. The lowest BCUT2D eigenvalue weighted by Gasteiger charge is -2.38. The van der Waals surface area contributed by atoms with Crippen molar-refractivity contribution in [3.63, 3.8) is 0 Å². The van der Waals surface area contributed by atoms with Crippen molar-refractivity contribution in [1.29, 1.82) is 0 Å². The first-order valence-corrected chi connectivity index (χ1v) is 7.57. The number of carbonyl (C=O) groups excluding carboxylic acids is 1. The summed E-state index contributed by atoms with van der Waals surface area (Å²) in [5.74, 6) is -1.33. The summed E-state index contributed by atoms with van der Waals surface area (Å²) in [5.41, 5.74) is 5.92. The number of aromatic nitrogens is 3. The highest BCUT2D eigenvalue weighted by Crippen LogP contribution is 2.32. The highest BCUT2D eigenvalue weighted by molar-refractivity contribution is 5.92. The van der Waals surface area contributed by atoms with Crippen LogP contribution in [0.3, 0.4) is 0 Å². The molecule has 2 atom stereocenters. The van der Waals surface area contributed by atoms with Crippen LogP contribution in [0.2, 0.25) is 0 Å². The second kappa shape index (κ2) is 6.43. The summed E-state index contributed by atoms with van der Waals surface area (Å²) in [6.45, 7) is -0.202. The number of piperidine rings is 1. The maximum Gasteiger partial charge on any atom is 0.408 e. The lowest BCUT2D eigenvalue weighted by molar-refractivity contribution is -0.184. The van der Waals surface area contributed by atoms with Gasteiger partial charge in [0.25, 0.3) is 5.91 Å². The van der Waals surface area contributed by atoms with Gasteiger partial charge in [-0.15, -0.1) is 5.10 Å². The Bertz CT molecular complexity index is 758.